The van der Waals surface area contributed by atoms with Gasteiger partial charge in [-0.2, -0.15) is 0 Å². The zero-order chi connectivity index (χ0) is 9.14. The molecule has 1 unspecified atom stereocenters. The molecule has 1 atom stereocenters. The van der Waals surface area contributed by atoms with Gasteiger partial charge in [0.2, 0.25) is 0 Å². The Morgan fingerprint density at radius 3 is 2.67 bits per heavy atom. The highest BCUT2D eigenvalue weighted by Crippen LogP contribution is 2.22. The van der Waals surface area contributed by atoms with Crippen LogP contribution >= 0.6 is 22.3 Å². The van der Waals surface area contributed by atoms with Crippen molar-refractivity contribution in [1.82, 2.24) is 0 Å². The molecule has 0 aromatic heterocycles. The molecular weight excluding hydrogens is 190 g/mol. The van der Waals surface area contributed by atoms with E-state index in [-0.39, 0.29) is 10.7 Å². The predicted molar refractivity (Wildman–Crippen MR) is 60.4 cm³/mol. The summed E-state index contributed by atoms with van der Waals surface area (Å²) in [6, 6.07) is 5.80. The maximum Gasteiger partial charge on any atom is 0.0465 e. The van der Waals surface area contributed by atoms with E-state index >= 15 is 0 Å². The van der Waals surface area contributed by atoms with Crippen LogP contribution in [0.2, 0.25) is 5.02 Å². The van der Waals surface area contributed by atoms with Gasteiger partial charge in [0, 0.05) is 10.7 Å². The molecule has 66 valence electrons. The van der Waals surface area contributed by atoms with E-state index in [1.165, 1.54) is 0 Å². The fourth-order valence-corrected chi connectivity index (χ4v) is 1.76. The summed E-state index contributed by atoms with van der Waals surface area (Å²) < 4.78 is 3.26. The molecule has 0 aliphatic carbocycles. The minimum absolute atomic E-state index is 0.0265. The van der Waals surface area contributed by atoms with E-state index in [4.69, 9.17) is 11.6 Å². The maximum atomic E-state index is 5.81. The Morgan fingerprint density at radius 1 is 1.50 bits per heavy atom. The van der Waals surface area contributed by atoms with Gasteiger partial charge < -0.3 is 4.72 Å². The predicted octanol–water partition coefficient (Wildman–Crippen LogP) is 3.31. The molecule has 0 spiro atoms. The van der Waals surface area contributed by atoms with E-state index in [1.807, 2.05) is 31.4 Å². The number of benzene rings is 1. The van der Waals surface area contributed by atoms with Gasteiger partial charge in [0.1, 0.15) is 0 Å². The van der Waals surface area contributed by atoms with Crippen LogP contribution in [-0.4, -0.2) is 12.1 Å². The Labute approximate surface area is 80.8 Å². The Balaban J connectivity index is 2.93. The fourth-order valence-electron chi connectivity index (χ4n) is 0.929. The molecule has 1 aromatic rings. The molecule has 1 N–H and O–H groups in total. The van der Waals surface area contributed by atoms with Crippen LogP contribution in [0.15, 0.2) is 18.2 Å². The van der Waals surface area contributed by atoms with Gasteiger partial charge in [-0.15, -0.1) is 10.7 Å². The van der Waals surface area contributed by atoms with Crippen LogP contribution in [0.5, 0.6) is 0 Å². The molecule has 1 nitrogen and oxygen atoms in total. The number of aryl methyl sites for hydroxylation is 1. The third-order valence-electron chi connectivity index (χ3n) is 1.47. The van der Waals surface area contributed by atoms with Gasteiger partial charge in [0.15, 0.2) is 0 Å². The van der Waals surface area contributed by atoms with E-state index in [9.17, 15) is 0 Å². The lowest BCUT2D eigenvalue weighted by Crippen LogP contribution is -1.90. The molecule has 0 saturated heterocycles. The Hall–Kier alpha value is -0.470. The quantitative estimate of drug-likeness (QED) is 0.725. The van der Waals surface area contributed by atoms with Gasteiger partial charge in [0.25, 0.3) is 0 Å². The van der Waals surface area contributed by atoms with Crippen molar-refractivity contribution in [3.05, 3.63) is 28.8 Å². The third-order valence-corrected chi connectivity index (χ3v) is 2.28. The zero-order valence-electron chi connectivity index (χ0n) is 7.23. The van der Waals surface area contributed by atoms with Crippen LogP contribution in [0, 0.1) is 6.92 Å². The van der Waals surface area contributed by atoms with Gasteiger partial charge in [-0.25, -0.2) is 0 Å². The number of hydrogen-bond donors (Lipinski definition) is 1. The Bertz CT molecular complexity index is 309. The SMILES string of the molecule is C=S(C)Nc1ccc(Cl)cc1C. The van der Waals surface area contributed by atoms with Crippen LogP contribution in [0.25, 0.3) is 0 Å². The molecule has 0 bridgehead atoms. The first-order valence-corrected chi connectivity index (χ1v) is 5.76. The minimum Gasteiger partial charge on any atom is -0.336 e. The highest BCUT2D eigenvalue weighted by molar-refractivity contribution is 8.14. The van der Waals surface area contributed by atoms with E-state index in [0.29, 0.717) is 0 Å². The molecule has 0 aliphatic rings. The van der Waals surface area contributed by atoms with Gasteiger partial charge in [-0.3, -0.25) is 0 Å². The standard InChI is InChI=1S/C9H12ClNS/c1-7-6-8(10)4-5-9(7)11-12(2)3/h4-6,11H,2H2,1,3H3. The van der Waals surface area contributed by atoms with Gasteiger partial charge in [-0.1, -0.05) is 17.5 Å². The largest absolute Gasteiger partial charge is 0.336 e. The van der Waals surface area contributed by atoms with E-state index in [0.717, 1.165) is 16.3 Å². The number of rotatable bonds is 2. The number of nitrogens with one attached hydrogen (secondary N) is 1. The summed E-state index contributed by atoms with van der Waals surface area (Å²) in [5.41, 5.74) is 2.27. The molecule has 12 heavy (non-hydrogen) atoms. The van der Waals surface area contributed by atoms with Crippen molar-refractivity contribution < 1.29 is 0 Å². The van der Waals surface area contributed by atoms with Crippen molar-refractivity contribution >= 4 is 33.8 Å². The molecule has 0 heterocycles. The summed E-state index contributed by atoms with van der Waals surface area (Å²) >= 11 is 5.81. The molecule has 0 fully saturated rings. The van der Waals surface area contributed by atoms with E-state index < -0.39 is 0 Å². The molecule has 1 rings (SSSR count). The first-order valence-electron chi connectivity index (χ1n) is 3.58. The summed E-state index contributed by atoms with van der Waals surface area (Å²) in [4.78, 5) is 0. The lowest BCUT2D eigenvalue weighted by atomic mass is 10.2. The molecule has 0 amide bonds. The first kappa shape index (κ1) is 9.62. The third kappa shape index (κ3) is 2.54. The monoisotopic (exact) mass is 201 g/mol. The van der Waals surface area contributed by atoms with Crippen molar-refractivity contribution in [2.75, 3.05) is 11.0 Å². The Kier molecular flexibility index (Phi) is 3.18. The summed E-state index contributed by atoms with van der Waals surface area (Å²) in [5, 5.41) is 0.776. The topological polar surface area (TPSA) is 12.0 Å². The van der Waals surface area contributed by atoms with Crippen LogP contribution in [0.4, 0.5) is 5.69 Å². The lowest BCUT2D eigenvalue weighted by molar-refractivity contribution is 1.47. The minimum atomic E-state index is -0.0265. The summed E-state index contributed by atoms with van der Waals surface area (Å²) in [6.45, 7) is 2.03. The van der Waals surface area contributed by atoms with Crippen molar-refractivity contribution in [1.29, 1.82) is 0 Å². The van der Waals surface area contributed by atoms with Crippen molar-refractivity contribution in [2.24, 2.45) is 0 Å². The van der Waals surface area contributed by atoms with Gasteiger partial charge in [0.05, 0.1) is 0 Å². The molecular formula is C9H12ClNS. The molecule has 0 aliphatic heterocycles. The average molecular weight is 202 g/mol. The summed E-state index contributed by atoms with van der Waals surface area (Å²) in [7, 11) is -0.0265. The van der Waals surface area contributed by atoms with Crippen LogP contribution < -0.4 is 4.72 Å². The second-order valence-corrected chi connectivity index (χ2v) is 4.61. The zero-order valence-corrected chi connectivity index (χ0v) is 8.80. The van der Waals surface area contributed by atoms with E-state index in [1.54, 1.807) is 0 Å². The number of anilines is 1. The molecule has 1 aromatic carbocycles. The normalized spacial score (nSPS) is 12.6. The van der Waals surface area contributed by atoms with Crippen LogP contribution in [-0.2, 0) is 0 Å². The van der Waals surface area contributed by atoms with Gasteiger partial charge >= 0.3 is 0 Å². The number of hydrogen-bond acceptors (Lipinski definition) is 1. The van der Waals surface area contributed by atoms with Crippen molar-refractivity contribution in [2.45, 2.75) is 6.92 Å². The van der Waals surface area contributed by atoms with Crippen molar-refractivity contribution in [3.63, 3.8) is 0 Å². The fraction of sp³-hybridized carbons (Fsp3) is 0.222. The first-order chi connectivity index (χ1) is 5.59. The van der Waals surface area contributed by atoms with Crippen LogP contribution in [0.1, 0.15) is 5.56 Å². The van der Waals surface area contributed by atoms with Crippen molar-refractivity contribution in [3.8, 4) is 0 Å². The highest BCUT2D eigenvalue weighted by atomic mass is 35.5. The molecule has 0 saturated carbocycles. The maximum absolute atomic E-state index is 5.81. The van der Waals surface area contributed by atoms with E-state index in [2.05, 4.69) is 10.6 Å². The number of halogens is 1. The van der Waals surface area contributed by atoms with Crippen LogP contribution in [0.3, 0.4) is 0 Å². The Morgan fingerprint density at radius 2 is 2.17 bits per heavy atom. The smallest absolute Gasteiger partial charge is 0.0465 e. The average Bonchev–Trinajstić information content (AvgIpc) is 1.94. The highest BCUT2D eigenvalue weighted by Gasteiger charge is 1.96. The lowest BCUT2D eigenvalue weighted by Gasteiger charge is -2.09. The molecule has 0 radical (unpaired) electrons. The van der Waals surface area contributed by atoms with Gasteiger partial charge in [-0.05, 0) is 36.9 Å². The second-order valence-electron chi connectivity index (χ2n) is 2.70. The summed E-state index contributed by atoms with van der Waals surface area (Å²) in [6.07, 6.45) is 2.04. The molecule has 3 heteroatoms. The second kappa shape index (κ2) is 3.97. The summed E-state index contributed by atoms with van der Waals surface area (Å²) in [5.74, 6) is 3.88.